The topological polar surface area (TPSA) is 106 Å². The summed E-state index contributed by atoms with van der Waals surface area (Å²) in [6.45, 7) is 5.67. The summed E-state index contributed by atoms with van der Waals surface area (Å²) < 4.78 is 67.3. The number of carbonyl (C=O) groups is 1. The zero-order valence-electron chi connectivity index (χ0n) is 19.3. The van der Waals surface area contributed by atoms with Crippen LogP contribution >= 0.6 is 0 Å². The molecule has 0 spiro atoms. The molecule has 0 aliphatic heterocycles. The Morgan fingerprint density at radius 1 is 1.11 bits per heavy atom. The van der Waals surface area contributed by atoms with E-state index in [4.69, 9.17) is 0 Å². The molecule has 0 aliphatic carbocycles. The first kappa shape index (κ1) is 26.1. The van der Waals surface area contributed by atoms with Crippen molar-refractivity contribution in [2.24, 2.45) is 5.92 Å². The molecule has 3 aromatic rings. The number of pyridine rings is 1. The van der Waals surface area contributed by atoms with Crippen LogP contribution in [0.1, 0.15) is 19.4 Å². The van der Waals surface area contributed by atoms with Gasteiger partial charge >= 0.3 is 21.7 Å². The number of alkyl halides is 3. The van der Waals surface area contributed by atoms with Crippen molar-refractivity contribution in [3.63, 3.8) is 0 Å². The van der Waals surface area contributed by atoms with Gasteiger partial charge in [0.25, 0.3) is 5.56 Å². The lowest BCUT2D eigenvalue weighted by molar-refractivity contribution is -0.0500. The van der Waals surface area contributed by atoms with Crippen molar-refractivity contribution in [3.05, 3.63) is 58.4 Å². The number of halogens is 3. The number of benzene rings is 2. The predicted octanol–water partition coefficient (Wildman–Crippen LogP) is 4.98. The average Bonchev–Trinajstić information content (AvgIpc) is 2.74. The zero-order valence-corrected chi connectivity index (χ0v) is 20.1. The highest BCUT2D eigenvalue weighted by molar-refractivity contribution is 7.88. The highest BCUT2D eigenvalue weighted by Gasteiger charge is 2.48. The quantitative estimate of drug-likeness (QED) is 0.369. The number of aromatic nitrogens is 1. The molecule has 0 radical (unpaired) electrons. The maximum atomic E-state index is 13.4. The minimum absolute atomic E-state index is 0.0108. The number of carboxylic acid groups (broad SMARTS) is 1. The Bertz CT molecular complexity index is 1450. The van der Waals surface area contributed by atoms with Gasteiger partial charge in [0.2, 0.25) is 0 Å². The van der Waals surface area contributed by atoms with E-state index in [1.54, 1.807) is 24.3 Å². The first-order valence-corrected chi connectivity index (χ1v) is 11.8. The minimum Gasteiger partial charge on any atom is -0.465 e. The number of hydrogen-bond donors (Lipinski definition) is 1. The maximum absolute atomic E-state index is 13.4. The van der Waals surface area contributed by atoms with Gasteiger partial charge in [-0.2, -0.15) is 21.6 Å². The van der Waals surface area contributed by atoms with Crippen LogP contribution in [0, 0.1) is 12.8 Å². The second-order valence-electron chi connectivity index (χ2n) is 8.41. The first-order valence-electron chi connectivity index (χ1n) is 10.4. The highest BCUT2D eigenvalue weighted by Crippen LogP contribution is 2.38. The van der Waals surface area contributed by atoms with E-state index < -0.39 is 33.0 Å². The molecule has 1 heterocycles. The molecule has 12 heteroatoms. The molecule has 0 unspecified atom stereocenters. The molecular formula is C23H23F3N2O6S. The van der Waals surface area contributed by atoms with Gasteiger partial charge in [-0.15, -0.1) is 0 Å². The Morgan fingerprint density at radius 2 is 1.71 bits per heavy atom. The van der Waals surface area contributed by atoms with Gasteiger partial charge in [0.05, 0.1) is 0 Å². The van der Waals surface area contributed by atoms with Gasteiger partial charge in [-0.05, 0) is 36.6 Å². The van der Waals surface area contributed by atoms with E-state index in [0.717, 1.165) is 28.7 Å². The SMILES string of the molecule is Cc1ccc(-c2c(N(C)C(=O)O)n(CC(C)C)c(=O)c3ccc(OS(=O)(=O)C(F)(F)F)cc23)cc1. The van der Waals surface area contributed by atoms with Gasteiger partial charge < -0.3 is 9.29 Å². The van der Waals surface area contributed by atoms with Gasteiger partial charge in [-0.25, -0.2) is 4.79 Å². The number of nitrogens with zero attached hydrogens (tertiary/aromatic N) is 2. The Kier molecular flexibility index (Phi) is 6.89. The molecule has 0 saturated carbocycles. The van der Waals surface area contributed by atoms with Crippen LogP contribution in [0.4, 0.5) is 23.8 Å². The summed E-state index contributed by atoms with van der Waals surface area (Å²) >= 11 is 0. The fourth-order valence-electron chi connectivity index (χ4n) is 3.62. The van der Waals surface area contributed by atoms with Crippen LogP contribution in [-0.4, -0.2) is 36.7 Å². The molecule has 188 valence electrons. The van der Waals surface area contributed by atoms with Crippen molar-refractivity contribution in [2.45, 2.75) is 32.8 Å². The Morgan fingerprint density at radius 3 is 2.23 bits per heavy atom. The van der Waals surface area contributed by atoms with Gasteiger partial charge in [0.15, 0.2) is 0 Å². The third kappa shape index (κ3) is 5.11. The molecule has 0 aliphatic rings. The third-order valence-electron chi connectivity index (χ3n) is 5.20. The van der Waals surface area contributed by atoms with E-state index in [1.807, 2.05) is 20.8 Å². The number of aryl methyl sites for hydroxylation is 1. The zero-order chi connectivity index (χ0) is 26.3. The van der Waals surface area contributed by atoms with Crippen LogP contribution in [-0.2, 0) is 16.7 Å². The maximum Gasteiger partial charge on any atom is 0.534 e. The number of amides is 1. The summed E-state index contributed by atoms with van der Waals surface area (Å²) in [5.41, 5.74) is -4.66. The second-order valence-corrected chi connectivity index (χ2v) is 9.94. The summed E-state index contributed by atoms with van der Waals surface area (Å²) in [6.07, 6.45) is -1.37. The van der Waals surface area contributed by atoms with E-state index in [9.17, 15) is 36.3 Å². The molecule has 3 rings (SSSR count). The summed E-state index contributed by atoms with van der Waals surface area (Å²) in [7, 11) is -4.72. The van der Waals surface area contributed by atoms with E-state index in [2.05, 4.69) is 4.18 Å². The van der Waals surface area contributed by atoms with Crippen molar-refractivity contribution in [1.29, 1.82) is 0 Å². The van der Waals surface area contributed by atoms with E-state index >= 15 is 0 Å². The summed E-state index contributed by atoms with van der Waals surface area (Å²) in [5, 5.41) is 9.85. The smallest absolute Gasteiger partial charge is 0.465 e. The number of fused-ring (bicyclic) bond motifs is 1. The molecule has 8 nitrogen and oxygen atoms in total. The molecule has 1 amide bonds. The average molecular weight is 513 g/mol. The van der Waals surface area contributed by atoms with Gasteiger partial charge in [-0.1, -0.05) is 43.7 Å². The molecule has 0 saturated heterocycles. The standard InChI is InChI=1S/C23H23F3N2O6S/c1-13(2)12-28-20(27(4)22(30)31)19(15-7-5-14(3)6-8-15)18-11-16(9-10-17(18)21(28)29)34-35(32,33)23(24,25)26/h5-11,13H,12H2,1-4H3,(H,30,31). The minimum atomic E-state index is -5.96. The molecule has 0 fully saturated rings. The van der Waals surface area contributed by atoms with Crippen LogP contribution in [0.5, 0.6) is 5.75 Å². The second kappa shape index (κ2) is 9.25. The van der Waals surface area contributed by atoms with Crippen LogP contribution < -0.4 is 14.6 Å². The van der Waals surface area contributed by atoms with Crippen LogP contribution in [0.3, 0.4) is 0 Å². The summed E-state index contributed by atoms with van der Waals surface area (Å²) in [4.78, 5) is 26.2. The molecule has 1 aromatic heterocycles. The molecule has 1 N–H and O–H groups in total. The summed E-state index contributed by atoms with van der Waals surface area (Å²) in [5.74, 6) is -0.743. The largest absolute Gasteiger partial charge is 0.534 e. The van der Waals surface area contributed by atoms with Gasteiger partial charge in [0, 0.05) is 29.9 Å². The number of anilines is 1. The van der Waals surface area contributed by atoms with E-state index in [0.29, 0.717) is 5.56 Å². The van der Waals surface area contributed by atoms with Crippen molar-refractivity contribution in [2.75, 3.05) is 11.9 Å². The van der Waals surface area contributed by atoms with Gasteiger partial charge in [-0.3, -0.25) is 14.3 Å². The van der Waals surface area contributed by atoms with Crippen molar-refractivity contribution < 1.29 is 35.7 Å². The third-order valence-corrected chi connectivity index (χ3v) is 6.18. The highest BCUT2D eigenvalue weighted by atomic mass is 32.2. The van der Waals surface area contributed by atoms with Crippen LogP contribution in [0.2, 0.25) is 0 Å². The fourth-order valence-corrected chi connectivity index (χ4v) is 4.07. The molecule has 2 aromatic carbocycles. The molecule has 0 bridgehead atoms. The lowest BCUT2D eigenvalue weighted by Crippen LogP contribution is -2.34. The number of rotatable bonds is 6. The lowest BCUT2D eigenvalue weighted by atomic mass is 9.97. The van der Waals surface area contributed by atoms with Crippen LogP contribution in [0.25, 0.3) is 21.9 Å². The van der Waals surface area contributed by atoms with Crippen molar-refractivity contribution in [1.82, 2.24) is 4.57 Å². The molecular weight excluding hydrogens is 489 g/mol. The normalized spacial score (nSPS) is 12.2. The van der Waals surface area contributed by atoms with E-state index in [1.165, 1.54) is 11.6 Å². The number of hydrogen-bond acceptors (Lipinski definition) is 5. The molecule has 0 atom stereocenters. The summed E-state index contributed by atoms with van der Waals surface area (Å²) in [6, 6.07) is 9.95. The van der Waals surface area contributed by atoms with Gasteiger partial charge in [0.1, 0.15) is 11.6 Å². The predicted molar refractivity (Wildman–Crippen MR) is 125 cm³/mol. The lowest BCUT2D eigenvalue weighted by Gasteiger charge is -2.26. The van der Waals surface area contributed by atoms with Crippen molar-refractivity contribution in [3.8, 4) is 16.9 Å². The molecule has 35 heavy (non-hydrogen) atoms. The Hall–Kier alpha value is -3.54. The van der Waals surface area contributed by atoms with Crippen molar-refractivity contribution >= 4 is 32.8 Å². The van der Waals surface area contributed by atoms with E-state index in [-0.39, 0.29) is 34.6 Å². The van der Waals surface area contributed by atoms with Crippen LogP contribution in [0.15, 0.2) is 47.3 Å². The fraction of sp³-hybridized carbons (Fsp3) is 0.304. The Labute approximate surface area is 199 Å². The monoisotopic (exact) mass is 512 g/mol. The Balaban J connectivity index is 2.48. The first-order chi connectivity index (χ1) is 16.1.